The number of hydrogen-bond acceptors (Lipinski definition) is 3. The number of alkyl halides is 1. The molecule has 0 heterocycles. The van der Waals surface area contributed by atoms with Crippen LogP contribution in [0.25, 0.3) is 0 Å². The van der Waals surface area contributed by atoms with E-state index in [4.69, 9.17) is 9.47 Å². The zero-order chi connectivity index (χ0) is 13.4. The number of halogens is 1. The van der Waals surface area contributed by atoms with Crippen molar-refractivity contribution in [1.82, 2.24) is 5.32 Å². The van der Waals surface area contributed by atoms with Gasteiger partial charge in [0.05, 0.1) is 20.4 Å². The van der Waals surface area contributed by atoms with Crippen molar-refractivity contribution >= 4 is 0 Å². The van der Waals surface area contributed by atoms with Gasteiger partial charge in [-0.1, -0.05) is 13.0 Å². The molecular formula is C14H22FNO2. The van der Waals surface area contributed by atoms with E-state index >= 15 is 0 Å². The summed E-state index contributed by atoms with van der Waals surface area (Å²) in [6.45, 7) is 5.05. The normalized spacial score (nSPS) is 12.2. The molecule has 1 unspecified atom stereocenters. The molecule has 1 aromatic carbocycles. The smallest absolute Gasteiger partial charge is 0.127 e. The molecule has 1 atom stereocenters. The lowest BCUT2D eigenvalue weighted by Gasteiger charge is -2.18. The molecule has 0 spiro atoms. The molecule has 102 valence electrons. The number of rotatable bonds is 8. The summed E-state index contributed by atoms with van der Waals surface area (Å²) in [6, 6.07) is 5.94. The maximum absolute atomic E-state index is 12.1. The van der Waals surface area contributed by atoms with Gasteiger partial charge in [0, 0.05) is 24.1 Å². The van der Waals surface area contributed by atoms with E-state index in [0.29, 0.717) is 13.0 Å². The Morgan fingerprint density at radius 3 is 2.78 bits per heavy atom. The maximum atomic E-state index is 12.1. The topological polar surface area (TPSA) is 30.5 Å². The Morgan fingerprint density at radius 2 is 2.17 bits per heavy atom. The van der Waals surface area contributed by atoms with Gasteiger partial charge >= 0.3 is 0 Å². The van der Waals surface area contributed by atoms with Crippen LogP contribution in [-0.4, -0.2) is 26.9 Å². The molecule has 0 fully saturated rings. The van der Waals surface area contributed by atoms with E-state index in [1.807, 2.05) is 18.2 Å². The summed E-state index contributed by atoms with van der Waals surface area (Å²) in [5.74, 6) is 1.51. The molecule has 0 aliphatic rings. The highest BCUT2D eigenvalue weighted by molar-refractivity contribution is 5.42. The Labute approximate surface area is 108 Å². The minimum Gasteiger partial charge on any atom is -0.497 e. The highest BCUT2D eigenvalue weighted by atomic mass is 19.1. The van der Waals surface area contributed by atoms with Crippen molar-refractivity contribution < 1.29 is 13.9 Å². The number of nitrogens with one attached hydrogen (secondary N) is 1. The molecule has 0 aliphatic heterocycles. The number of methoxy groups -OCH3 is 1. The third-order valence-electron chi connectivity index (χ3n) is 2.73. The van der Waals surface area contributed by atoms with Crippen molar-refractivity contribution in [2.24, 2.45) is 0 Å². The number of benzene rings is 1. The van der Waals surface area contributed by atoms with Crippen LogP contribution in [0.3, 0.4) is 0 Å². The van der Waals surface area contributed by atoms with E-state index in [-0.39, 0.29) is 12.7 Å². The maximum Gasteiger partial charge on any atom is 0.127 e. The van der Waals surface area contributed by atoms with E-state index in [2.05, 4.69) is 19.2 Å². The van der Waals surface area contributed by atoms with Gasteiger partial charge in [-0.25, -0.2) is 0 Å². The second kappa shape index (κ2) is 7.93. The Hall–Kier alpha value is -1.29. The molecule has 0 aromatic heterocycles. The number of ether oxygens (including phenoxy) is 2. The van der Waals surface area contributed by atoms with E-state index in [9.17, 15) is 4.39 Å². The molecule has 1 N–H and O–H groups in total. The van der Waals surface area contributed by atoms with Gasteiger partial charge in [-0.15, -0.1) is 0 Å². The zero-order valence-electron chi connectivity index (χ0n) is 11.3. The largest absolute Gasteiger partial charge is 0.497 e. The first kappa shape index (κ1) is 14.8. The molecule has 0 bridgehead atoms. The molecule has 1 rings (SSSR count). The summed E-state index contributed by atoms with van der Waals surface area (Å²) >= 11 is 0. The van der Waals surface area contributed by atoms with E-state index in [1.54, 1.807) is 7.11 Å². The van der Waals surface area contributed by atoms with Gasteiger partial charge in [0.25, 0.3) is 0 Å². The van der Waals surface area contributed by atoms with Gasteiger partial charge < -0.3 is 14.8 Å². The van der Waals surface area contributed by atoms with Crippen molar-refractivity contribution in [1.29, 1.82) is 0 Å². The third-order valence-corrected chi connectivity index (χ3v) is 2.73. The summed E-state index contributed by atoms with van der Waals surface area (Å²) in [5, 5.41) is 3.34. The van der Waals surface area contributed by atoms with Crippen LogP contribution in [0.2, 0.25) is 0 Å². The summed E-state index contributed by atoms with van der Waals surface area (Å²) in [6.07, 6.45) is 0.409. The first-order valence-electron chi connectivity index (χ1n) is 6.33. The Morgan fingerprint density at radius 1 is 1.39 bits per heavy atom. The quantitative estimate of drug-likeness (QED) is 0.724. The van der Waals surface area contributed by atoms with Crippen LogP contribution in [0.15, 0.2) is 18.2 Å². The molecule has 0 amide bonds. The van der Waals surface area contributed by atoms with Gasteiger partial charge in [0.2, 0.25) is 0 Å². The van der Waals surface area contributed by atoms with Gasteiger partial charge in [-0.05, 0) is 19.5 Å². The Kier molecular flexibility index (Phi) is 6.50. The molecule has 4 heteroatoms. The van der Waals surface area contributed by atoms with Crippen molar-refractivity contribution in [2.45, 2.75) is 26.3 Å². The molecule has 0 radical (unpaired) electrons. The SMILES string of the molecule is CCNC(C)c1ccc(OC)cc1OCCCF. The highest BCUT2D eigenvalue weighted by Gasteiger charge is 2.12. The summed E-state index contributed by atoms with van der Waals surface area (Å²) in [7, 11) is 1.62. The predicted octanol–water partition coefficient (Wildman–Crippen LogP) is 3.10. The van der Waals surface area contributed by atoms with Crippen molar-refractivity contribution in [2.75, 3.05) is 26.9 Å². The Balaban J connectivity index is 2.85. The molecule has 0 saturated carbocycles. The van der Waals surface area contributed by atoms with E-state index in [1.165, 1.54) is 0 Å². The average molecular weight is 255 g/mol. The van der Waals surface area contributed by atoms with Crippen LogP contribution < -0.4 is 14.8 Å². The van der Waals surface area contributed by atoms with Crippen LogP contribution in [0, 0.1) is 0 Å². The van der Waals surface area contributed by atoms with Crippen molar-refractivity contribution in [3.63, 3.8) is 0 Å². The standard InChI is InChI=1S/C14H22FNO2/c1-4-16-11(2)13-7-6-12(17-3)10-14(13)18-9-5-8-15/h6-7,10-11,16H,4-5,8-9H2,1-3H3. The van der Waals surface area contributed by atoms with Gasteiger partial charge in [-0.2, -0.15) is 0 Å². The van der Waals surface area contributed by atoms with Gasteiger partial charge in [-0.3, -0.25) is 4.39 Å². The lowest BCUT2D eigenvalue weighted by atomic mass is 10.1. The van der Waals surface area contributed by atoms with Gasteiger partial charge in [0.1, 0.15) is 11.5 Å². The van der Waals surface area contributed by atoms with Crippen LogP contribution in [0.4, 0.5) is 4.39 Å². The first-order valence-corrected chi connectivity index (χ1v) is 6.33. The van der Waals surface area contributed by atoms with Crippen LogP contribution >= 0.6 is 0 Å². The first-order chi connectivity index (χ1) is 8.72. The lowest BCUT2D eigenvalue weighted by Crippen LogP contribution is -2.18. The second-order valence-corrected chi connectivity index (χ2v) is 4.07. The summed E-state index contributed by atoms with van der Waals surface area (Å²) < 4.78 is 22.9. The van der Waals surface area contributed by atoms with Gasteiger partial charge in [0.15, 0.2) is 0 Å². The molecule has 0 saturated heterocycles. The fraction of sp³-hybridized carbons (Fsp3) is 0.571. The summed E-state index contributed by atoms with van der Waals surface area (Å²) in [4.78, 5) is 0. The minimum absolute atomic E-state index is 0.196. The highest BCUT2D eigenvalue weighted by Crippen LogP contribution is 2.29. The number of hydrogen-bond donors (Lipinski definition) is 1. The van der Waals surface area contributed by atoms with E-state index in [0.717, 1.165) is 23.6 Å². The minimum atomic E-state index is -0.359. The van der Waals surface area contributed by atoms with Crippen LogP contribution in [-0.2, 0) is 0 Å². The lowest BCUT2D eigenvalue weighted by molar-refractivity contribution is 0.283. The van der Waals surface area contributed by atoms with Crippen LogP contribution in [0.5, 0.6) is 11.5 Å². The second-order valence-electron chi connectivity index (χ2n) is 4.07. The molecule has 3 nitrogen and oxygen atoms in total. The predicted molar refractivity (Wildman–Crippen MR) is 71.2 cm³/mol. The fourth-order valence-corrected chi connectivity index (χ4v) is 1.78. The fourth-order valence-electron chi connectivity index (χ4n) is 1.78. The molecule has 1 aromatic rings. The Bertz CT molecular complexity index is 358. The molecule has 0 aliphatic carbocycles. The third kappa shape index (κ3) is 4.18. The molecular weight excluding hydrogens is 233 g/mol. The van der Waals surface area contributed by atoms with Crippen molar-refractivity contribution in [3.8, 4) is 11.5 Å². The van der Waals surface area contributed by atoms with Crippen molar-refractivity contribution in [3.05, 3.63) is 23.8 Å². The monoisotopic (exact) mass is 255 g/mol. The average Bonchev–Trinajstić information content (AvgIpc) is 2.39. The summed E-state index contributed by atoms with van der Waals surface area (Å²) in [5.41, 5.74) is 1.07. The zero-order valence-corrected chi connectivity index (χ0v) is 11.3. The van der Waals surface area contributed by atoms with Crippen LogP contribution in [0.1, 0.15) is 31.9 Å². The molecule has 18 heavy (non-hydrogen) atoms. The van der Waals surface area contributed by atoms with E-state index < -0.39 is 0 Å².